The van der Waals surface area contributed by atoms with Gasteiger partial charge in [0, 0.05) is 18.9 Å². The number of nitrogens with zero attached hydrogens (tertiary/aromatic N) is 3. The van der Waals surface area contributed by atoms with Gasteiger partial charge in [0.05, 0.1) is 25.4 Å². The van der Waals surface area contributed by atoms with Gasteiger partial charge in [-0.25, -0.2) is 19.6 Å². The standard InChI is InChI=1S/C28H35N3O6/c1-2-34-25(32)20-36-27-26(29-15-16-30-27)22-11-13-24(14-12-22)35-19-23-10-6-7-17-31(23)28(33)37-18-21-8-4-3-5-9-21/h3-5,8-9,11,15-16,23-24H,2,6-7,10,12-14,17-20H2,1H3. The first-order valence-electron chi connectivity index (χ1n) is 13.0. The van der Waals surface area contributed by atoms with E-state index < -0.39 is 5.97 Å². The summed E-state index contributed by atoms with van der Waals surface area (Å²) in [6, 6.07) is 9.74. The quantitative estimate of drug-likeness (QED) is 0.430. The van der Waals surface area contributed by atoms with Crippen LogP contribution in [0.1, 0.15) is 56.7 Å². The lowest BCUT2D eigenvalue weighted by Crippen LogP contribution is -2.46. The molecule has 1 amide bonds. The molecule has 4 rings (SSSR count). The van der Waals surface area contributed by atoms with Crippen LogP contribution in [0.2, 0.25) is 0 Å². The first-order valence-corrected chi connectivity index (χ1v) is 13.0. The fraction of sp³-hybridized carbons (Fsp3) is 0.500. The summed E-state index contributed by atoms with van der Waals surface area (Å²) in [4.78, 5) is 34.9. The molecule has 9 nitrogen and oxygen atoms in total. The lowest BCUT2D eigenvalue weighted by molar-refractivity contribution is -0.145. The zero-order valence-electron chi connectivity index (χ0n) is 21.3. The van der Waals surface area contributed by atoms with E-state index in [4.69, 9.17) is 18.9 Å². The number of piperidine rings is 1. The normalized spacial score (nSPS) is 19.6. The molecule has 37 heavy (non-hydrogen) atoms. The van der Waals surface area contributed by atoms with Gasteiger partial charge in [0.1, 0.15) is 12.3 Å². The van der Waals surface area contributed by atoms with Crippen LogP contribution in [-0.2, 0) is 25.6 Å². The molecule has 0 radical (unpaired) electrons. The summed E-state index contributed by atoms with van der Waals surface area (Å²) in [5, 5.41) is 0. The fourth-order valence-corrected chi connectivity index (χ4v) is 4.62. The van der Waals surface area contributed by atoms with Gasteiger partial charge in [-0.2, -0.15) is 0 Å². The summed E-state index contributed by atoms with van der Waals surface area (Å²) in [7, 11) is 0. The number of likely N-dealkylation sites (tertiary alicyclic amines) is 1. The summed E-state index contributed by atoms with van der Waals surface area (Å²) < 4.78 is 22.3. The molecule has 1 saturated heterocycles. The van der Waals surface area contributed by atoms with Crippen LogP contribution in [0.4, 0.5) is 4.79 Å². The minimum absolute atomic E-state index is 0.0188. The summed E-state index contributed by atoms with van der Waals surface area (Å²) in [5.41, 5.74) is 2.64. The van der Waals surface area contributed by atoms with Gasteiger partial charge in [0.15, 0.2) is 6.61 Å². The van der Waals surface area contributed by atoms with Crippen molar-refractivity contribution in [1.29, 1.82) is 0 Å². The molecular formula is C28H35N3O6. The molecule has 0 spiro atoms. The number of esters is 1. The second-order valence-corrected chi connectivity index (χ2v) is 9.15. The van der Waals surface area contributed by atoms with Crippen molar-refractivity contribution >= 4 is 17.6 Å². The molecule has 2 unspecified atom stereocenters. The van der Waals surface area contributed by atoms with E-state index in [2.05, 4.69) is 16.0 Å². The lowest BCUT2D eigenvalue weighted by atomic mass is 9.94. The SMILES string of the molecule is CCOC(=O)COc1nccnc1C1=CCC(OCC2CCCCN2C(=O)OCc2ccccc2)CC1. The highest BCUT2D eigenvalue weighted by atomic mass is 16.6. The number of amides is 1. The van der Waals surface area contributed by atoms with Gasteiger partial charge < -0.3 is 23.8 Å². The average Bonchev–Trinajstić information content (AvgIpc) is 2.95. The molecule has 1 aliphatic heterocycles. The Balaban J connectivity index is 1.28. The monoisotopic (exact) mass is 509 g/mol. The van der Waals surface area contributed by atoms with Crippen molar-refractivity contribution in [3.05, 3.63) is 60.1 Å². The molecule has 0 bridgehead atoms. The van der Waals surface area contributed by atoms with Gasteiger partial charge in [0.2, 0.25) is 5.88 Å². The highest BCUT2D eigenvalue weighted by molar-refractivity contribution is 5.72. The molecule has 1 fully saturated rings. The highest BCUT2D eigenvalue weighted by Crippen LogP contribution is 2.31. The van der Waals surface area contributed by atoms with Gasteiger partial charge in [-0.3, -0.25) is 0 Å². The Kier molecular flexibility index (Phi) is 9.88. The van der Waals surface area contributed by atoms with Crippen LogP contribution in [-0.4, -0.2) is 65.4 Å². The van der Waals surface area contributed by atoms with Crippen LogP contribution in [0.15, 0.2) is 48.8 Å². The molecule has 2 heterocycles. The Hall–Kier alpha value is -3.46. The summed E-state index contributed by atoms with van der Waals surface area (Å²) in [6.45, 7) is 3.30. The number of ether oxygens (including phenoxy) is 4. The third kappa shape index (κ3) is 7.76. The molecule has 9 heteroatoms. The van der Waals surface area contributed by atoms with E-state index in [0.717, 1.165) is 49.7 Å². The van der Waals surface area contributed by atoms with Gasteiger partial charge in [-0.05, 0) is 56.6 Å². The Bertz CT molecular complexity index is 1060. The maximum absolute atomic E-state index is 12.8. The zero-order chi connectivity index (χ0) is 25.9. The molecule has 2 aromatic rings. The predicted molar refractivity (Wildman–Crippen MR) is 137 cm³/mol. The molecule has 0 N–H and O–H groups in total. The number of aromatic nitrogens is 2. The smallest absolute Gasteiger partial charge is 0.410 e. The molecule has 2 atom stereocenters. The maximum Gasteiger partial charge on any atom is 0.410 e. The number of hydrogen-bond donors (Lipinski definition) is 0. The summed E-state index contributed by atoms with van der Waals surface area (Å²) in [6.07, 6.45) is 10.3. The van der Waals surface area contributed by atoms with Crippen molar-refractivity contribution in [3.63, 3.8) is 0 Å². The lowest BCUT2D eigenvalue weighted by Gasteiger charge is -2.35. The Morgan fingerprint density at radius 1 is 1.05 bits per heavy atom. The number of hydrogen-bond acceptors (Lipinski definition) is 8. The van der Waals surface area contributed by atoms with E-state index in [9.17, 15) is 9.59 Å². The number of carbonyl (C=O) groups excluding carboxylic acids is 2. The van der Waals surface area contributed by atoms with Gasteiger partial charge in [-0.1, -0.05) is 36.4 Å². The van der Waals surface area contributed by atoms with Crippen LogP contribution >= 0.6 is 0 Å². The average molecular weight is 510 g/mol. The van der Waals surface area contributed by atoms with Crippen LogP contribution in [0.3, 0.4) is 0 Å². The van der Waals surface area contributed by atoms with E-state index in [1.54, 1.807) is 19.3 Å². The number of rotatable bonds is 10. The molecule has 1 aromatic carbocycles. The predicted octanol–water partition coefficient (Wildman–Crippen LogP) is 4.56. The molecule has 1 aliphatic carbocycles. The van der Waals surface area contributed by atoms with Crippen molar-refractivity contribution < 1.29 is 28.5 Å². The Morgan fingerprint density at radius 3 is 2.68 bits per heavy atom. The highest BCUT2D eigenvalue weighted by Gasteiger charge is 2.29. The first kappa shape index (κ1) is 26.6. The summed E-state index contributed by atoms with van der Waals surface area (Å²) >= 11 is 0. The Morgan fingerprint density at radius 2 is 1.89 bits per heavy atom. The van der Waals surface area contributed by atoms with Crippen LogP contribution in [0.25, 0.3) is 5.57 Å². The first-order chi connectivity index (χ1) is 18.1. The second-order valence-electron chi connectivity index (χ2n) is 9.15. The molecule has 1 aromatic heterocycles. The number of benzene rings is 1. The van der Waals surface area contributed by atoms with Crippen molar-refractivity contribution in [1.82, 2.24) is 14.9 Å². The largest absolute Gasteiger partial charge is 0.464 e. The van der Waals surface area contributed by atoms with Crippen molar-refractivity contribution in [2.45, 2.75) is 64.2 Å². The number of allylic oxidation sites excluding steroid dienone is 1. The van der Waals surface area contributed by atoms with E-state index >= 15 is 0 Å². The van der Waals surface area contributed by atoms with E-state index in [0.29, 0.717) is 31.3 Å². The second kappa shape index (κ2) is 13.7. The van der Waals surface area contributed by atoms with E-state index in [-0.39, 0.29) is 31.5 Å². The zero-order valence-corrected chi connectivity index (χ0v) is 21.3. The minimum Gasteiger partial charge on any atom is -0.464 e. The summed E-state index contributed by atoms with van der Waals surface area (Å²) in [5.74, 6) is -0.112. The van der Waals surface area contributed by atoms with E-state index in [1.165, 1.54) is 0 Å². The molecular weight excluding hydrogens is 474 g/mol. The molecule has 0 saturated carbocycles. The Labute approximate surface area is 217 Å². The van der Waals surface area contributed by atoms with Gasteiger partial charge in [0.25, 0.3) is 0 Å². The van der Waals surface area contributed by atoms with Crippen molar-refractivity contribution in [2.24, 2.45) is 0 Å². The third-order valence-corrected chi connectivity index (χ3v) is 6.55. The van der Waals surface area contributed by atoms with Crippen molar-refractivity contribution in [2.75, 3.05) is 26.4 Å². The third-order valence-electron chi connectivity index (χ3n) is 6.55. The molecule has 198 valence electrons. The van der Waals surface area contributed by atoms with Gasteiger partial charge in [-0.15, -0.1) is 0 Å². The van der Waals surface area contributed by atoms with Crippen LogP contribution in [0, 0.1) is 0 Å². The maximum atomic E-state index is 12.8. The van der Waals surface area contributed by atoms with Crippen molar-refractivity contribution in [3.8, 4) is 5.88 Å². The number of carbonyl (C=O) groups is 2. The topological polar surface area (TPSA) is 100 Å². The van der Waals surface area contributed by atoms with E-state index in [1.807, 2.05) is 35.2 Å². The van der Waals surface area contributed by atoms with Crippen LogP contribution in [0.5, 0.6) is 5.88 Å². The van der Waals surface area contributed by atoms with Crippen LogP contribution < -0.4 is 4.74 Å². The minimum atomic E-state index is -0.439. The van der Waals surface area contributed by atoms with Gasteiger partial charge >= 0.3 is 12.1 Å². The molecule has 2 aliphatic rings. The fourth-order valence-electron chi connectivity index (χ4n) is 4.62.